The first kappa shape index (κ1) is 8.58. The first-order valence-electron chi connectivity index (χ1n) is 3.49. The minimum absolute atomic E-state index is 0.311. The number of aromatic nitrogens is 2. The summed E-state index contributed by atoms with van der Waals surface area (Å²) in [6.07, 6.45) is 1.18. The van der Waals surface area contributed by atoms with Crippen molar-refractivity contribution in [1.29, 1.82) is 0 Å². The third-order valence-electron chi connectivity index (χ3n) is 1.65. The molecule has 0 aliphatic heterocycles. The van der Waals surface area contributed by atoms with Crippen LogP contribution in [0.1, 0.15) is 0 Å². The average molecular weight is 214 g/mol. The van der Waals surface area contributed by atoms with Gasteiger partial charge in [0.1, 0.15) is 5.52 Å². The number of hydrogen-bond donors (Lipinski definition) is 0. The second-order valence-corrected chi connectivity index (χ2v) is 5.48. The van der Waals surface area contributed by atoms with Gasteiger partial charge in [0.25, 0.3) is 0 Å². The molecule has 0 saturated carbocycles. The zero-order valence-electron chi connectivity index (χ0n) is 6.76. The average Bonchev–Trinajstić information content (AvgIpc) is 2.47. The predicted octanol–water partition coefficient (Wildman–Crippen LogP) is 1.09. The summed E-state index contributed by atoms with van der Waals surface area (Å²) < 4.78 is 26.8. The van der Waals surface area contributed by atoms with Crippen LogP contribution in [0.3, 0.4) is 0 Å². The standard InChI is InChI=1S/C7H6N2O2S2/c1-13(10,11)5-2-3-6-7(4-5)12-9-8-6/h2-4H,1H3. The van der Waals surface area contributed by atoms with Crippen LogP contribution in [-0.4, -0.2) is 24.3 Å². The highest BCUT2D eigenvalue weighted by atomic mass is 32.2. The van der Waals surface area contributed by atoms with Gasteiger partial charge in [0.15, 0.2) is 9.84 Å². The molecule has 0 saturated heterocycles. The van der Waals surface area contributed by atoms with Crippen LogP contribution in [0.2, 0.25) is 0 Å². The van der Waals surface area contributed by atoms with Crippen LogP contribution in [0.4, 0.5) is 0 Å². The predicted molar refractivity (Wildman–Crippen MR) is 50.5 cm³/mol. The lowest BCUT2D eigenvalue weighted by molar-refractivity contribution is 0.602. The highest BCUT2D eigenvalue weighted by Gasteiger charge is 2.08. The normalized spacial score (nSPS) is 12.1. The van der Waals surface area contributed by atoms with Crippen LogP contribution in [0.25, 0.3) is 10.2 Å². The van der Waals surface area contributed by atoms with E-state index in [-0.39, 0.29) is 0 Å². The number of fused-ring (bicyclic) bond motifs is 1. The van der Waals surface area contributed by atoms with E-state index >= 15 is 0 Å². The topological polar surface area (TPSA) is 59.9 Å². The lowest BCUT2D eigenvalue weighted by Gasteiger charge is -1.95. The van der Waals surface area contributed by atoms with Gasteiger partial charge < -0.3 is 0 Å². The summed E-state index contributed by atoms with van der Waals surface area (Å²) >= 11 is 1.19. The molecule has 1 aromatic carbocycles. The molecular weight excluding hydrogens is 208 g/mol. The zero-order chi connectivity index (χ0) is 9.47. The molecule has 1 aromatic heterocycles. The summed E-state index contributed by atoms with van der Waals surface area (Å²) in [5.74, 6) is 0. The van der Waals surface area contributed by atoms with Gasteiger partial charge in [-0.2, -0.15) is 0 Å². The van der Waals surface area contributed by atoms with E-state index in [0.717, 1.165) is 10.2 Å². The molecule has 0 aliphatic carbocycles. The zero-order valence-corrected chi connectivity index (χ0v) is 8.39. The Balaban J connectivity index is 2.75. The Bertz CT molecular complexity index is 544. The van der Waals surface area contributed by atoms with E-state index in [2.05, 4.69) is 9.59 Å². The third-order valence-corrected chi connectivity index (χ3v) is 3.44. The molecule has 13 heavy (non-hydrogen) atoms. The Hall–Kier alpha value is -1.01. The van der Waals surface area contributed by atoms with Crippen molar-refractivity contribution in [2.75, 3.05) is 6.26 Å². The molecule has 0 N–H and O–H groups in total. The summed E-state index contributed by atoms with van der Waals surface area (Å²) in [6, 6.07) is 4.80. The van der Waals surface area contributed by atoms with Gasteiger partial charge in [-0.05, 0) is 29.7 Å². The maximum atomic E-state index is 11.2. The highest BCUT2D eigenvalue weighted by Crippen LogP contribution is 2.19. The lowest BCUT2D eigenvalue weighted by Crippen LogP contribution is -1.95. The van der Waals surface area contributed by atoms with E-state index in [4.69, 9.17) is 0 Å². The van der Waals surface area contributed by atoms with Crippen molar-refractivity contribution in [2.45, 2.75) is 4.90 Å². The molecule has 2 rings (SSSR count). The summed E-state index contributed by atoms with van der Waals surface area (Å²) in [5.41, 5.74) is 0.734. The maximum Gasteiger partial charge on any atom is 0.175 e. The number of sulfone groups is 1. The van der Waals surface area contributed by atoms with Crippen LogP contribution in [0.5, 0.6) is 0 Å². The smallest absolute Gasteiger partial charge is 0.175 e. The molecule has 0 atom stereocenters. The Morgan fingerprint density at radius 3 is 2.85 bits per heavy atom. The van der Waals surface area contributed by atoms with Crippen molar-refractivity contribution < 1.29 is 8.42 Å². The fourth-order valence-corrected chi connectivity index (χ4v) is 2.31. The molecule has 2 aromatic rings. The minimum Gasteiger partial charge on any atom is -0.224 e. The monoisotopic (exact) mass is 214 g/mol. The molecule has 0 amide bonds. The molecule has 0 fully saturated rings. The van der Waals surface area contributed by atoms with Crippen LogP contribution in [-0.2, 0) is 9.84 Å². The van der Waals surface area contributed by atoms with E-state index in [9.17, 15) is 8.42 Å². The van der Waals surface area contributed by atoms with Gasteiger partial charge >= 0.3 is 0 Å². The minimum atomic E-state index is -3.12. The SMILES string of the molecule is CS(=O)(=O)c1ccc2nnsc2c1. The first-order valence-corrected chi connectivity index (χ1v) is 6.16. The van der Waals surface area contributed by atoms with Gasteiger partial charge in [-0.3, -0.25) is 0 Å². The van der Waals surface area contributed by atoms with Gasteiger partial charge in [0, 0.05) is 6.26 Å². The Morgan fingerprint density at radius 1 is 1.38 bits per heavy atom. The quantitative estimate of drug-likeness (QED) is 0.713. The molecular formula is C7H6N2O2S2. The van der Waals surface area contributed by atoms with E-state index in [1.165, 1.54) is 17.8 Å². The van der Waals surface area contributed by atoms with Crippen molar-refractivity contribution in [3.63, 3.8) is 0 Å². The summed E-state index contributed by atoms with van der Waals surface area (Å²) in [6.45, 7) is 0. The molecule has 68 valence electrons. The number of benzene rings is 1. The Morgan fingerprint density at radius 2 is 2.15 bits per heavy atom. The Labute approximate surface area is 79.3 Å². The largest absolute Gasteiger partial charge is 0.224 e. The molecule has 4 nitrogen and oxygen atoms in total. The van der Waals surface area contributed by atoms with Crippen LogP contribution < -0.4 is 0 Å². The summed E-state index contributed by atoms with van der Waals surface area (Å²) in [4.78, 5) is 0.311. The molecule has 0 radical (unpaired) electrons. The van der Waals surface area contributed by atoms with Crippen LogP contribution in [0, 0.1) is 0 Å². The molecule has 0 unspecified atom stereocenters. The maximum absolute atomic E-state index is 11.2. The summed E-state index contributed by atoms with van der Waals surface area (Å²) in [5, 5.41) is 3.82. The molecule has 0 aliphatic rings. The first-order chi connectivity index (χ1) is 6.07. The Kier molecular flexibility index (Phi) is 1.81. The fourth-order valence-electron chi connectivity index (χ4n) is 0.989. The van der Waals surface area contributed by atoms with Gasteiger partial charge in [-0.1, -0.05) is 4.49 Å². The van der Waals surface area contributed by atoms with Crippen molar-refractivity contribution in [3.8, 4) is 0 Å². The van der Waals surface area contributed by atoms with Crippen LogP contribution in [0.15, 0.2) is 23.1 Å². The van der Waals surface area contributed by atoms with Crippen molar-refractivity contribution in [1.82, 2.24) is 9.59 Å². The molecule has 0 bridgehead atoms. The second-order valence-electron chi connectivity index (χ2n) is 2.67. The van der Waals surface area contributed by atoms with Gasteiger partial charge in [-0.25, -0.2) is 8.42 Å². The molecule has 1 heterocycles. The van der Waals surface area contributed by atoms with Crippen molar-refractivity contribution in [2.24, 2.45) is 0 Å². The van der Waals surface area contributed by atoms with Gasteiger partial charge in [0.2, 0.25) is 0 Å². The lowest BCUT2D eigenvalue weighted by atomic mass is 10.3. The molecule has 0 spiro atoms. The van der Waals surface area contributed by atoms with Gasteiger partial charge in [0.05, 0.1) is 9.60 Å². The van der Waals surface area contributed by atoms with E-state index in [1.54, 1.807) is 18.2 Å². The van der Waals surface area contributed by atoms with Crippen LogP contribution >= 0.6 is 11.5 Å². The summed E-state index contributed by atoms with van der Waals surface area (Å²) in [7, 11) is -3.12. The van der Waals surface area contributed by atoms with Crippen molar-refractivity contribution in [3.05, 3.63) is 18.2 Å². The highest BCUT2D eigenvalue weighted by molar-refractivity contribution is 7.90. The second kappa shape index (κ2) is 2.74. The molecule has 6 heteroatoms. The third kappa shape index (κ3) is 1.54. The van der Waals surface area contributed by atoms with Crippen molar-refractivity contribution >= 4 is 31.6 Å². The fraction of sp³-hybridized carbons (Fsp3) is 0.143. The van der Waals surface area contributed by atoms with E-state index < -0.39 is 9.84 Å². The van der Waals surface area contributed by atoms with E-state index in [1.807, 2.05) is 0 Å². The van der Waals surface area contributed by atoms with Gasteiger partial charge in [-0.15, -0.1) is 5.10 Å². The number of hydrogen-bond acceptors (Lipinski definition) is 5. The number of rotatable bonds is 1. The number of nitrogens with zero attached hydrogens (tertiary/aromatic N) is 2. The van der Waals surface area contributed by atoms with E-state index in [0.29, 0.717) is 4.90 Å².